The van der Waals surface area contributed by atoms with E-state index in [1.165, 1.54) is 5.56 Å². The highest BCUT2D eigenvalue weighted by Gasteiger charge is 2.24. The number of benzene rings is 1. The van der Waals surface area contributed by atoms with Crippen molar-refractivity contribution in [1.29, 1.82) is 0 Å². The minimum Gasteiger partial charge on any atom is -0.480 e. The Morgan fingerprint density at radius 1 is 1.12 bits per heavy atom. The number of fused-ring (bicyclic) bond motifs is 1. The first-order valence-corrected chi connectivity index (χ1v) is 13.2. The number of nitrogens with zero attached hydrogens (tertiary/aromatic N) is 1. The lowest BCUT2D eigenvalue weighted by Crippen LogP contribution is -2.43. The Morgan fingerprint density at radius 2 is 1.91 bits per heavy atom. The quantitative estimate of drug-likeness (QED) is 0.317. The first-order valence-electron chi connectivity index (χ1n) is 11.6. The number of rotatable bonds is 13. The monoisotopic (exact) mass is 488 g/mol. The topological polar surface area (TPSA) is 137 Å². The fraction of sp³-hybridized carbons (Fsp3) is 0.458. The van der Waals surface area contributed by atoms with E-state index in [-0.39, 0.29) is 24.6 Å². The fourth-order valence-corrected chi connectivity index (χ4v) is 5.20. The zero-order chi connectivity index (χ0) is 24.4. The molecule has 0 saturated carbocycles. The highest BCUT2D eigenvalue weighted by atomic mass is 32.2. The molecule has 184 valence electrons. The van der Waals surface area contributed by atoms with Gasteiger partial charge in [0.15, 0.2) is 0 Å². The van der Waals surface area contributed by atoms with Gasteiger partial charge in [0, 0.05) is 25.2 Å². The van der Waals surface area contributed by atoms with Crippen LogP contribution in [0.4, 0.5) is 5.82 Å². The molecule has 2 heterocycles. The van der Waals surface area contributed by atoms with Crippen LogP contribution in [-0.2, 0) is 38.2 Å². The van der Waals surface area contributed by atoms with E-state index in [9.17, 15) is 23.1 Å². The maximum absolute atomic E-state index is 12.3. The zero-order valence-corrected chi connectivity index (χ0v) is 19.9. The molecule has 4 N–H and O–H groups in total. The Labute approximate surface area is 200 Å². The molecule has 1 aromatic heterocycles. The van der Waals surface area contributed by atoms with E-state index in [0.717, 1.165) is 43.7 Å². The van der Waals surface area contributed by atoms with Crippen molar-refractivity contribution < 1.29 is 23.1 Å². The molecule has 9 nitrogen and oxygen atoms in total. The lowest BCUT2D eigenvalue weighted by Gasteiger charge is -2.17. The lowest BCUT2D eigenvalue weighted by atomic mass is 10.1. The van der Waals surface area contributed by atoms with E-state index in [4.69, 9.17) is 0 Å². The van der Waals surface area contributed by atoms with Crippen molar-refractivity contribution in [3.8, 4) is 0 Å². The lowest BCUT2D eigenvalue weighted by molar-refractivity contribution is -0.139. The van der Waals surface area contributed by atoms with E-state index in [2.05, 4.69) is 26.4 Å². The number of nitrogens with one attached hydrogen (secondary N) is 3. The SMILES string of the molecule is O=C(CCCCc1ccc2c(n1)NCCC2)NCCC(NS(=O)(=O)Cc1ccccc1)C(=O)O. The van der Waals surface area contributed by atoms with Crippen LogP contribution in [0, 0.1) is 0 Å². The molecule has 0 radical (unpaired) electrons. The van der Waals surface area contributed by atoms with Gasteiger partial charge < -0.3 is 15.7 Å². The fourth-order valence-electron chi connectivity index (χ4n) is 3.83. The highest BCUT2D eigenvalue weighted by Crippen LogP contribution is 2.20. The first-order chi connectivity index (χ1) is 16.3. The molecule has 34 heavy (non-hydrogen) atoms. The number of aromatic nitrogens is 1. The Morgan fingerprint density at radius 3 is 2.68 bits per heavy atom. The normalized spacial score (nSPS) is 14.0. The van der Waals surface area contributed by atoms with Crippen molar-refractivity contribution in [2.45, 2.75) is 56.7 Å². The van der Waals surface area contributed by atoms with Gasteiger partial charge in [-0.1, -0.05) is 36.4 Å². The number of carboxylic acid groups (broad SMARTS) is 1. The summed E-state index contributed by atoms with van der Waals surface area (Å²) in [6.07, 6.45) is 4.73. The molecule has 1 unspecified atom stereocenters. The average molecular weight is 489 g/mol. The van der Waals surface area contributed by atoms with Crippen molar-refractivity contribution in [1.82, 2.24) is 15.0 Å². The second-order valence-corrected chi connectivity index (χ2v) is 10.2. The van der Waals surface area contributed by atoms with Gasteiger partial charge in [-0.2, -0.15) is 0 Å². The van der Waals surface area contributed by atoms with Gasteiger partial charge >= 0.3 is 5.97 Å². The predicted octanol–water partition coefficient (Wildman–Crippen LogP) is 2.23. The summed E-state index contributed by atoms with van der Waals surface area (Å²) in [7, 11) is -3.83. The number of carboxylic acids is 1. The number of sulfonamides is 1. The minimum atomic E-state index is -3.83. The summed E-state index contributed by atoms with van der Waals surface area (Å²) in [5.74, 6) is -0.804. The van der Waals surface area contributed by atoms with Gasteiger partial charge in [0.1, 0.15) is 11.9 Å². The average Bonchev–Trinajstić information content (AvgIpc) is 2.81. The summed E-state index contributed by atoms with van der Waals surface area (Å²) in [4.78, 5) is 28.2. The van der Waals surface area contributed by atoms with Crippen LogP contribution in [-0.4, -0.2) is 49.5 Å². The summed E-state index contributed by atoms with van der Waals surface area (Å²) in [6.45, 7) is 1.02. The molecule has 0 saturated heterocycles. The molecule has 1 aromatic carbocycles. The Balaban J connectivity index is 1.35. The van der Waals surface area contributed by atoms with E-state index in [1.54, 1.807) is 30.3 Å². The third-order valence-electron chi connectivity index (χ3n) is 5.61. The number of hydrogen-bond donors (Lipinski definition) is 4. The van der Waals surface area contributed by atoms with Gasteiger partial charge in [-0.3, -0.25) is 9.59 Å². The summed E-state index contributed by atoms with van der Waals surface area (Å²) in [5, 5.41) is 15.4. The third kappa shape index (κ3) is 8.42. The number of amides is 1. The molecule has 0 spiro atoms. The van der Waals surface area contributed by atoms with E-state index in [1.807, 2.05) is 6.07 Å². The van der Waals surface area contributed by atoms with Crippen LogP contribution in [0.15, 0.2) is 42.5 Å². The zero-order valence-electron chi connectivity index (χ0n) is 19.1. The van der Waals surface area contributed by atoms with Crippen molar-refractivity contribution in [2.24, 2.45) is 0 Å². The summed E-state index contributed by atoms with van der Waals surface area (Å²) in [6, 6.07) is 11.4. The molecule has 1 amide bonds. The molecular formula is C24H32N4O5S. The van der Waals surface area contributed by atoms with Crippen LogP contribution in [0.1, 0.15) is 48.9 Å². The number of unbranched alkanes of at least 4 members (excludes halogenated alkanes) is 1. The largest absolute Gasteiger partial charge is 0.480 e. The van der Waals surface area contributed by atoms with Crippen molar-refractivity contribution >= 4 is 27.7 Å². The summed E-state index contributed by atoms with van der Waals surface area (Å²) in [5.41, 5.74) is 2.81. The Kier molecular flexibility index (Phi) is 9.41. The number of hydrogen-bond acceptors (Lipinski definition) is 6. The van der Waals surface area contributed by atoms with Gasteiger partial charge in [0.2, 0.25) is 15.9 Å². The number of pyridine rings is 1. The van der Waals surface area contributed by atoms with Crippen LogP contribution in [0.5, 0.6) is 0 Å². The van der Waals surface area contributed by atoms with Gasteiger partial charge in [-0.25, -0.2) is 18.1 Å². The molecule has 10 heteroatoms. The molecule has 3 rings (SSSR count). The number of aryl methyl sites for hydroxylation is 2. The Hall–Kier alpha value is -2.98. The molecule has 1 atom stereocenters. The summed E-state index contributed by atoms with van der Waals surface area (Å²) >= 11 is 0. The van der Waals surface area contributed by atoms with Crippen LogP contribution < -0.4 is 15.4 Å². The van der Waals surface area contributed by atoms with Crippen molar-refractivity contribution in [3.63, 3.8) is 0 Å². The molecule has 2 aromatic rings. The molecular weight excluding hydrogens is 456 g/mol. The van der Waals surface area contributed by atoms with Crippen molar-refractivity contribution in [2.75, 3.05) is 18.4 Å². The van der Waals surface area contributed by atoms with Crippen molar-refractivity contribution in [3.05, 3.63) is 59.3 Å². The molecule has 0 bridgehead atoms. The number of carbonyl (C=O) groups is 2. The van der Waals surface area contributed by atoms with Gasteiger partial charge in [-0.05, 0) is 55.7 Å². The molecule has 1 aliphatic rings. The highest BCUT2D eigenvalue weighted by molar-refractivity contribution is 7.88. The molecule has 1 aliphatic heterocycles. The number of anilines is 1. The number of carbonyl (C=O) groups excluding carboxylic acids is 1. The molecule has 0 fully saturated rings. The van der Waals surface area contributed by atoms with Crippen LogP contribution in [0.2, 0.25) is 0 Å². The standard InChI is InChI=1S/C24H32N4O5S/c29-22(11-5-4-10-20-13-12-19-9-6-15-26-23(19)27-20)25-16-14-21(24(30)31)28-34(32,33)17-18-7-2-1-3-8-18/h1-3,7-8,12-13,21,28H,4-6,9-11,14-17H2,(H,25,29)(H,26,27)(H,30,31). The second kappa shape index (κ2) is 12.5. The van der Waals surface area contributed by atoms with Crippen LogP contribution >= 0.6 is 0 Å². The second-order valence-electron chi connectivity index (χ2n) is 8.44. The first kappa shape index (κ1) is 25.6. The summed E-state index contributed by atoms with van der Waals surface area (Å²) < 4.78 is 26.8. The molecule has 0 aliphatic carbocycles. The van der Waals surface area contributed by atoms with E-state index in [0.29, 0.717) is 18.4 Å². The van der Waals surface area contributed by atoms with Crippen LogP contribution in [0.25, 0.3) is 0 Å². The smallest absolute Gasteiger partial charge is 0.321 e. The predicted molar refractivity (Wildman–Crippen MR) is 130 cm³/mol. The minimum absolute atomic E-state index is 0.0405. The number of aliphatic carboxylic acids is 1. The maximum atomic E-state index is 12.3. The maximum Gasteiger partial charge on any atom is 0.321 e. The third-order valence-corrected chi connectivity index (χ3v) is 6.97. The van der Waals surface area contributed by atoms with Gasteiger partial charge in [0.25, 0.3) is 0 Å². The Bertz CT molecular complexity index is 1080. The van der Waals surface area contributed by atoms with Crippen LogP contribution in [0.3, 0.4) is 0 Å². The van der Waals surface area contributed by atoms with E-state index < -0.39 is 22.0 Å². The van der Waals surface area contributed by atoms with E-state index >= 15 is 0 Å². The van der Waals surface area contributed by atoms with Gasteiger partial charge in [0.05, 0.1) is 5.75 Å². The van der Waals surface area contributed by atoms with Gasteiger partial charge in [-0.15, -0.1) is 0 Å².